The van der Waals surface area contributed by atoms with E-state index in [1.165, 1.54) is 30.2 Å². The van der Waals surface area contributed by atoms with Gasteiger partial charge in [0.1, 0.15) is 5.82 Å². The molecule has 0 bridgehead atoms. The molecule has 29 heavy (non-hydrogen) atoms. The lowest BCUT2D eigenvalue weighted by atomic mass is 10.1. The minimum Gasteiger partial charge on any atom is -0.337 e. The molecule has 0 unspecified atom stereocenters. The third-order valence-corrected chi connectivity index (χ3v) is 6.22. The Bertz CT molecular complexity index is 938. The van der Waals surface area contributed by atoms with Gasteiger partial charge in [0.25, 0.3) is 0 Å². The molecule has 4 rings (SSSR count). The Labute approximate surface area is 176 Å². The first kappa shape index (κ1) is 19.7. The van der Waals surface area contributed by atoms with Gasteiger partial charge in [-0.05, 0) is 30.4 Å². The zero-order valence-corrected chi connectivity index (χ0v) is 17.5. The molecule has 1 amide bonds. The number of amides is 1. The summed E-state index contributed by atoms with van der Waals surface area (Å²) in [6.45, 7) is 1.32. The van der Waals surface area contributed by atoms with E-state index in [0.717, 1.165) is 23.0 Å². The van der Waals surface area contributed by atoms with Gasteiger partial charge < -0.3 is 9.47 Å². The predicted octanol–water partition coefficient (Wildman–Crippen LogP) is 4.06. The van der Waals surface area contributed by atoms with Crippen LogP contribution in [0.1, 0.15) is 35.7 Å². The predicted molar refractivity (Wildman–Crippen MR) is 116 cm³/mol. The Kier molecular flexibility index (Phi) is 6.30. The van der Waals surface area contributed by atoms with Crippen molar-refractivity contribution in [3.05, 3.63) is 77.6 Å². The second-order valence-corrected chi connectivity index (χ2v) is 8.44. The van der Waals surface area contributed by atoms with E-state index in [1.54, 1.807) is 0 Å². The summed E-state index contributed by atoms with van der Waals surface area (Å²) in [6.07, 6.45) is 3.24. The Morgan fingerprint density at radius 2 is 1.69 bits per heavy atom. The maximum atomic E-state index is 13.1. The van der Waals surface area contributed by atoms with E-state index < -0.39 is 0 Å². The van der Waals surface area contributed by atoms with Crippen LogP contribution >= 0.6 is 11.8 Å². The summed E-state index contributed by atoms with van der Waals surface area (Å²) in [6, 6.07) is 20.5. The highest BCUT2D eigenvalue weighted by Gasteiger charge is 2.29. The van der Waals surface area contributed by atoms with Crippen LogP contribution in [0, 0.1) is 0 Å². The van der Waals surface area contributed by atoms with E-state index in [4.69, 9.17) is 0 Å². The van der Waals surface area contributed by atoms with Crippen molar-refractivity contribution < 1.29 is 4.79 Å². The quantitative estimate of drug-likeness (QED) is 0.503. The van der Waals surface area contributed by atoms with Crippen LogP contribution in [0.25, 0.3) is 0 Å². The zero-order chi connectivity index (χ0) is 20.1. The van der Waals surface area contributed by atoms with Crippen LogP contribution in [0.5, 0.6) is 0 Å². The van der Waals surface area contributed by atoms with Crippen molar-refractivity contribution in [3.8, 4) is 0 Å². The Morgan fingerprint density at radius 1 is 1.03 bits per heavy atom. The van der Waals surface area contributed by atoms with Gasteiger partial charge in [0.15, 0.2) is 5.16 Å². The van der Waals surface area contributed by atoms with Gasteiger partial charge in [-0.3, -0.25) is 4.79 Å². The molecule has 3 aromatic rings. The minimum atomic E-state index is 0.130. The second-order valence-electron chi connectivity index (χ2n) is 7.50. The fraction of sp³-hybridized carbons (Fsp3) is 0.348. The molecular formula is C23H26N4OS. The van der Waals surface area contributed by atoms with Crippen molar-refractivity contribution >= 4 is 17.7 Å². The highest BCUT2D eigenvalue weighted by Crippen LogP contribution is 2.39. The average Bonchev–Trinajstić information content (AvgIpc) is 3.53. The molecule has 0 spiro atoms. The molecule has 0 N–H and O–H groups in total. The Hall–Kier alpha value is -2.60. The summed E-state index contributed by atoms with van der Waals surface area (Å²) >= 11 is 1.48. The first-order chi connectivity index (χ1) is 14.2. The minimum absolute atomic E-state index is 0.130. The number of carbonyl (C=O) groups is 1. The SMILES string of the molecule is Cn1c(SCC(=O)N(CCc2ccccc2)Cc2ccccc2)nnc1C1CC1. The molecule has 0 aliphatic heterocycles. The molecule has 1 heterocycles. The highest BCUT2D eigenvalue weighted by atomic mass is 32.2. The van der Waals surface area contributed by atoms with Gasteiger partial charge in [-0.15, -0.1) is 10.2 Å². The molecular weight excluding hydrogens is 380 g/mol. The molecule has 2 aromatic carbocycles. The summed E-state index contributed by atoms with van der Waals surface area (Å²) in [7, 11) is 2.00. The van der Waals surface area contributed by atoms with Gasteiger partial charge in [-0.25, -0.2) is 0 Å². The summed E-state index contributed by atoms with van der Waals surface area (Å²) in [5.41, 5.74) is 2.39. The normalized spacial score (nSPS) is 13.4. The third-order valence-electron chi connectivity index (χ3n) is 5.22. The molecule has 0 saturated heterocycles. The summed E-state index contributed by atoms with van der Waals surface area (Å²) in [5, 5.41) is 9.42. The molecule has 5 nitrogen and oxygen atoms in total. The molecule has 1 aliphatic carbocycles. The summed E-state index contributed by atoms with van der Waals surface area (Å²) < 4.78 is 2.04. The lowest BCUT2D eigenvalue weighted by molar-refractivity contribution is -0.128. The monoisotopic (exact) mass is 406 g/mol. The first-order valence-corrected chi connectivity index (χ1v) is 11.1. The number of aromatic nitrogens is 3. The number of hydrogen-bond donors (Lipinski definition) is 0. The van der Waals surface area contributed by atoms with Gasteiger partial charge in [-0.2, -0.15) is 0 Å². The van der Waals surface area contributed by atoms with E-state index in [9.17, 15) is 4.79 Å². The Morgan fingerprint density at radius 3 is 2.34 bits per heavy atom. The molecule has 0 radical (unpaired) electrons. The summed E-state index contributed by atoms with van der Waals surface area (Å²) in [4.78, 5) is 15.0. The number of carbonyl (C=O) groups excluding carboxylic acids is 1. The van der Waals surface area contributed by atoms with Crippen molar-refractivity contribution in [1.29, 1.82) is 0 Å². The van der Waals surface area contributed by atoms with Crippen molar-refractivity contribution in [3.63, 3.8) is 0 Å². The van der Waals surface area contributed by atoms with Crippen LogP contribution in [0.4, 0.5) is 0 Å². The van der Waals surface area contributed by atoms with Gasteiger partial charge in [-0.1, -0.05) is 72.4 Å². The molecule has 6 heteroatoms. The number of rotatable bonds is 9. The molecule has 1 aliphatic rings. The van der Waals surface area contributed by atoms with Crippen LogP contribution in [-0.4, -0.2) is 37.9 Å². The van der Waals surface area contributed by atoms with Crippen LogP contribution in [0.3, 0.4) is 0 Å². The lowest BCUT2D eigenvalue weighted by Crippen LogP contribution is -2.34. The maximum absolute atomic E-state index is 13.1. The van der Waals surface area contributed by atoms with Gasteiger partial charge >= 0.3 is 0 Å². The average molecular weight is 407 g/mol. The summed E-state index contributed by atoms with van der Waals surface area (Å²) in [5.74, 6) is 2.10. The van der Waals surface area contributed by atoms with E-state index in [0.29, 0.717) is 24.8 Å². The molecule has 0 atom stereocenters. The lowest BCUT2D eigenvalue weighted by Gasteiger charge is -2.23. The highest BCUT2D eigenvalue weighted by molar-refractivity contribution is 7.99. The number of hydrogen-bond acceptors (Lipinski definition) is 4. The molecule has 1 aromatic heterocycles. The smallest absolute Gasteiger partial charge is 0.233 e. The third kappa shape index (κ3) is 5.26. The van der Waals surface area contributed by atoms with Crippen LogP contribution < -0.4 is 0 Å². The van der Waals surface area contributed by atoms with Crippen LogP contribution in [-0.2, 0) is 24.8 Å². The standard InChI is InChI=1S/C23H26N4OS/c1-26-22(20-12-13-20)24-25-23(26)29-17-21(28)27(16-19-10-6-3-7-11-19)15-14-18-8-4-2-5-9-18/h2-11,20H,12-17H2,1H3. The zero-order valence-electron chi connectivity index (χ0n) is 16.7. The largest absolute Gasteiger partial charge is 0.337 e. The molecule has 1 fully saturated rings. The first-order valence-electron chi connectivity index (χ1n) is 10.1. The van der Waals surface area contributed by atoms with Crippen molar-refractivity contribution in [2.24, 2.45) is 7.05 Å². The van der Waals surface area contributed by atoms with E-state index in [-0.39, 0.29) is 5.91 Å². The van der Waals surface area contributed by atoms with E-state index in [1.807, 2.05) is 52.9 Å². The number of thioether (sulfide) groups is 1. The van der Waals surface area contributed by atoms with Gasteiger partial charge in [0, 0.05) is 26.1 Å². The topological polar surface area (TPSA) is 51.0 Å². The fourth-order valence-corrected chi connectivity index (χ4v) is 4.19. The van der Waals surface area contributed by atoms with Crippen LogP contribution in [0.15, 0.2) is 65.8 Å². The van der Waals surface area contributed by atoms with Gasteiger partial charge in [0.05, 0.1) is 5.75 Å². The van der Waals surface area contributed by atoms with Crippen molar-refractivity contribution in [1.82, 2.24) is 19.7 Å². The fourth-order valence-electron chi connectivity index (χ4n) is 3.37. The second kappa shape index (κ2) is 9.27. The van der Waals surface area contributed by atoms with E-state index >= 15 is 0 Å². The van der Waals surface area contributed by atoms with E-state index in [2.05, 4.69) is 34.5 Å². The maximum Gasteiger partial charge on any atom is 0.233 e. The molecule has 150 valence electrons. The van der Waals surface area contributed by atoms with Gasteiger partial charge in [0.2, 0.25) is 5.91 Å². The molecule has 1 saturated carbocycles. The number of nitrogens with zero attached hydrogens (tertiary/aromatic N) is 4. The Balaban J connectivity index is 1.40. The van der Waals surface area contributed by atoms with Crippen molar-refractivity contribution in [2.45, 2.75) is 36.9 Å². The number of benzene rings is 2. The van der Waals surface area contributed by atoms with Crippen LogP contribution in [0.2, 0.25) is 0 Å². The van der Waals surface area contributed by atoms with Crippen molar-refractivity contribution in [2.75, 3.05) is 12.3 Å².